The lowest BCUT2D eigenvalue weighted by molar-refractivity contribution is -0.118. The van der Waals surface area contributed by atoms with Crippen molar-refractivity contribution in [3.63, 3.8) is 0 Å². The SMILES string of the molecule is Cc1cc(N(C)C(=O)CCc2cc(C(C)C)c3c(C)nn(C)c3n2)cc(Cl)n1. The molecule has 3 aromatic rings. The Morgan fingerprint density at radius 2 is 1.93 bits per heavy atom. The highest BCUT2D eigenvalue weighted by molar-refractivity contribution is 6.29. The van der Waals surface area contributed by atoms with Gasteiger partial charge in [-0.2, -0.15) is 5.10 Å². The number of hydrogen-bond donors (Lipinski definition) is 0. The smallest absolute Gasteiger partial charge is 0.227 e. The Hall–Kier alpha value is -2.47. The monoisotopic (exact) mass is 399 g/mol. The van der Waals surface area contributed by atoms with Crippen LogP contribution >= 0.6 is 11.6 Å². The molecule has 7 heteroatoms. The number of pyridine rings is 2. The lowest BCUT2D eigenvalue weighted by atomic mass is 9.98. The van der Waals surface area contributed by atoms with Gasteiger partial charge in [0.05, 0.1) is 5.69 Å². The van der Waals surface area contributed by atoms with E-state index in [1.807, 2.05) is 31.6 Å². The van der Waals surface area contributed by atoms with Gasteiger partial charge in [-0.25, -0.2) is 9.97 Å². The van der Waals surface area contributed by atoms with Crippen LogP contribution in [0.25, 0.3) is 11.0 Å². The molecule has 3 aromatic heterocycles. The highest BCUT2D eigenvalue weighted by Crippen LogP contribution is 2.28. The van der Waals surface area contributed by atoms with E-state index in [4.69, 9.17) is 16.6 Å². The Kier molecular flexibility index (Phi) is 5.70. The summed E-state index contributed by atoms with van der Waals surface area (Å²) in [7, 11) is 3.67. The zero-order chi connectivity index (χ0) is 20.6. The molecule has 3 rings (SSSR count). The van der Waals surface area contributed by atoms with Crippen molar-refractivity contribution in [1.29, 1.82) is 0 Å². The van der Waals surface area contributed by atoms with Crippen LogP contribution in [0.1, 0.15) is 48.8 Å². The van der Waals surface area contributed by atoms with Gasteiger partial charge in [0.15, 0.2) is 5.65 Å². The zero-order valence-electron chi connectivity index (χ0n) is 17.2. The van der Waals surface area contributed by atoms with Crippen LogP contribution in [0.5, 0.6) is 0 Å². The molecular weight excluding hydrogens is 374 g/mol. The molecule has 1 amide bonds. The third kappa shape index (κ3) is 4.02. The Labute approximate surface area is 170 Å². The summed E-state index contributed by atoms with van der Waals surface area (Å²) in [4.78, 5) is 23.2. The number of aromatic nitrogens is 4. The highest BCUT2D eigenvalue weighted by atomic mass is 35.5. The van der Waals surface area contributed by atoms with Crippen molar-refractivity contribution in [2.24, 2.45) is 7.05 Å². The fourth-order valence-corrected chi connectivity index (χ4v) is 3.71. The summed E-state index contributed by atoms with van der Waals surface area (Å²) in [6.45, 7) is 8.20. The Morgan fingerprint density at radius 1 is 1.21 bits per heavy atom. The predicted molar refractivity (Wildman–Crippen MR) is 113 cm³/mol. The molecule has 0 bridgehead atoms. The third-order valence-electron chi connectivity index (χ3n) is 4.94. The second-order valence-electron chi connectivity index (χ2n) is 7.51. The van der Waals surface area contributed by atoms with Gasteiger partial charge in [-0.15, -0.1) is 0 Å². The number of fused-ring (bicyclic) bond motifs is 1. The van der Waals surface area contributed by atoms with E-state index < -0.39 is 0 Å². The average molecular weight is 400 g/mol. The van der Waals surface area contributed by atoms with Gasteiger partial charge >= 0.3 is 0 Å². The van der Waals surface area contributed by atoms with E-state index in [0.717, 1.165) is 33.8 Å². The maximum atomic E-state index is 12.7. The van der Waals surface area contributed by atoms with Gasteiger partial charge in [0.25, 0.3) is 0 Å². The number of halogens is 1. The Balaban J connectivity index is 1.83. The largest absolute Gasteiger partial charge is 0.315 e. The molecule has 0 aliphatic heterocycles. The maximum absolute atomic E-state index is 12.7. The molecule has 0 saturated heterocycles. The minimum Gasteiger partial charge on any atom is -0.315 e. The van der Waals surface area contributed by atoms with Gasteiger partial charge in [0, 0.05) is 43.0 Å². The second-order valence-corrected chi connectivity index (χ2v) is 7.89. The number of amides is 1. The third-order valence-corrected chi connectivity index (χ3v) is 5.13. The first kappa shape index (κ1) is 20.3. The van der Waals surface area contributed by atoms with Crippen molar-refractivity contribution in [2.75, 3.05) is 11.9 Å². The van der Waals surface area contributed by atoms with E-state index >= 15 is 0 Å². The van der Waals surface area contributed by atoms with Gasteiger partial charge in [0.1, 0.15) is 5.15 Å². The van der Waals surface area contributed by atoms with Crippen molar-refractivity contribution < 1.29 is 4.79 Å². The van der Waals surface area contributed by atoms with Crippen molar-refractivity contribution in [3.05, 3.63) is 46.0 Å². The van der Waals surface area contributed by atoms with Crippen LogP contribution in [0.15, 0.2) is 18.2 Å². The van der Waals surface area contributed by atoms with Crippen LogP contribution in [-0.2, 0) is 18.3 Å². The van der Waals surface area contributed by atoms with Crippen LogP contribution in [0.4, 0.5) is 5.69 Å². The lowest BCUT2D eigenvalue weighted by Gasteiger charge is -2.18. The quantitative estimate of drug-likeness (QED) is 0.598. The average Bonchev–Trinajstić information content (AvgIpc) is 2.91. The number of hydrogen-bond acceptors (Lipinski definition) is 4. The second kappa shape index (κ2) is 7.87. The molecule has 0 aliphatic rings. The van der Waals surface area contributed by atoms with Crippen LogP contribution in [0.3, 0.4) is 0 Å². The van der Waals surface area contributed by atoms with Gasteiger partial charge < -0.3 is 4.90 Å². The highest BCUT2D eigenvalue weighted by Gasteiger charge is 2.17. The number of nitrogens with zero attached hydrogens (tertiary/aromatic N) is 5. The first-order chi connectivity index (χ1) is 13.2. The number of anilines is 1. The topological polar surface area (TPSA) is 63.9 Å². The molecule has 0 unspecified atom stereocenters. The first-order valence-corrected chi connectivity index (χ1v) is 9.79. The van der Waals surface area contributed by atoms with E-state index in [-0.39, 0.29) is 5.91 Å². The molecule has 0 saturated carbocycles. The van der Waals surface area contributed by atoms with Gasteiger partial charge in [0.2, 0.25) is 5.91 Å². The van der Waals surface area contributed by atoms with Crippen LogP contribution in [-0.4, -0.2) is 32.7 Å². The van der Waals surface area contributed by atoms with E-state index in [0.29, 0.717) is 23.9 Å². The summed E-state index contributed by atoms with van der Waals surface area (Å²) in [5.41, 5.74) is 5.52. The maximum Gasteiger partial charge on any atom is 0.227 e. The summed E-state index contributed by atoms with van der Waals surface area (Å²) in [5.74, 6) is 0.364. The van der Waals surface area contributed by atoms with E-state index in [1.165, 1.54) is 5.56 Å². The van der Waals surface area contributed by atoms with Gasteiger partial charge in [-0.1, -0.05) is 25.4 Å². The minimum atomic E-state index is 0.0100. The minimum absolute atomic E-state index is 0.0100. The number of aryl methyl sites for hydroxylation is 4. The van der Waals surface area contributed by atoms with Crippen molar-refractivity contribution >= 4 is 34.2 Å². The standard InChI is InChI=1S/C21H26ClN5O/c1-12(2)17-10-15(24-21-20(17)14(4)25-27(21)6)7-8-19(28)26(5)16-9-13(3)23-18(22)11-16/h9-12H,7-8H2,1-6H3. The molecule has 0 radical (unpaired) electrons. The van der Waals surface area contributed by atoms with Gasteiger partial charge in [-0.3, -0.25) is 9.48 Å². The van der Waals surface area contributed by atoms with E-state index in [9.17, 15) is 4.79 Å². The fraction of sp³-hybridized carbons (Fsp3) is 0.429. The molecule has 0 atom stereocenters. The fourth-order valence-electron chi connectivity index (χ4n) is 3.47. The molecule has 3 heterocycles. The van der Waals surface area contributed by atoms with Crippen LogP contribution in [0.2, 0.25) is 5.15 Å². The summed E-state index contributed by atoms with van der Waals surface area (Å²) in [6, 6.07) is 5.66. The molecule has 0 N–H and O–H groups in total. The summed E-state index contributed by atoms with van der Waals surface area (Å²) >= 11 is 6.02. The van der Waals surface area contributed by atoms with E-state index in [1.54, 1.807) is 18.0 Å². The number of carbonyl (C=O) groups excluding carboxylic acids is 1. The molecule has 148 valence electrons. The molecular formula is C21H26ClN5O. The van der Waals surface area contributed by atoms with Crippen LogP contribution in [0, 0.1) is 13.8 Å². The number of rotatable bonds is 5. The Morgan fingerprint density at radius 3 is 2.57 bits per heavy atom. The zero-order valence-corrected chi connectivity index (χ0v) is 18.0. The summed E-state index contributed by atoms with van der Waals surface area (Å²) in [6.07, 6.45) is 0.934. The van der Waals surface area contributed by atoms with Crippen molar-refractivity contribution in [3.8, 4) is 0 Å². The van der Waals surface area contributed by atoms with E-state index in [2.05, 4.69) is 30.0 Å². The van der Waals surface area contributed by atoms with Crippen LogP contribution < -0.4 is 4.90 Å². The molecule has 6 nitrogen and oxygen atoms in total. The lowest BCUT2D eigenvalue weighted by Crippen LogP contribution is -2.26. The molecule has 0 aliphatic carbocycles. The normalized spacial score (nSPS) is 11.4. The summed E-state index contributed by atoms with van der Waals surface area (Å²) < 4.78 is 1.82. The molecule has 0 fully saturated rings. The summed E-state index contributed by atoms with van der Waals surface area (Å²) in [5, 5.41) is 6.02. The molecule has 0 spiro atoms. The Bertz CT molecular complexity index is 1020. The van der Waals surface area contributed by atoms with Crippen molar-refractivity contribution in [1.82, 2.24) is 19.7 Å². The first-order valence-electron chi connectivity index (χ1n) is 9.41. The van der Waals surface area contributed by atoms with Gasteiger partial charge in [-0.05, 0) is 49.9 Å². The predicted octanol–water partition coefficient (Wildman–Crippen LogP) is 4.35. The number of carbonyl (C=O) groups is 1. The molecule has 28 heavy (non-hydrogen) atoms. The van der Waals surface area contributed by atoms with Crippen molar-refractivity contribution in [2.45, 2.75) is 46.5 Å². The molecule has 0 aromatic carbocycles.